The van der Waals surface area contributed by atoms with E-state index in [0.717, 1.165) is 26.2 Å². The lowest BCUT2D eigenvalue weighted by atomic mass is 10.2. The smallest absolute Gasteiger partial charge is 0.222 e. The Labute approximate surface area is 107 Å². The molecule has 1 amide bonds. The molecule has 17 heavy (non-hydrogen) atoms. The van der Waals surface area contributed by atoms with Crippen LogP contribution in [0.1, 0.15) is 25.7 Å². The average molecular weight is 258 g/mol. The molecule has 2 aliphatic rings. The Bertz CT molecular complexity index is 239. The van der Waals surface area contributed by atoms with Gasteiger partial charge in [0, 0.05) is 24.9 Å². The van der Waals surface area contributed by atoms with Crippen molar-refractivity contribution in [3.05, 3.63) is 0 Å². The number of ether oxygens (including phenoxy) is 1. The molecule has 0 saturated carbocycles. The van der Waals surface area contributed by atoms with Crippen LogP contribution in [-0.2, 0) is 9.53 Å². The SMILES string of the molecule is O=C(CC1CNCCO1)NCC1CCCCS1. The Morgan fingerprint density at radius 1 is 1.47 bits per heavy atom. The van der Waals surface area contributed by atoms with E-state index in [4.69, 9.17) is 4.74 Å². The molecule has 2 saturated heterocycles. The fourth-order valence-corrected chi connectivity index (χ4v) is 3.46. The highest BCUT2D eigenvalue weighted by Gasteiger charge is 2.19. The van der Waals surface area contributed by atoms with Gasteiger partial charge in [0.15, 0.2) is 0 Å². The van der Waals surface area contributed by atoms with Crippen LogP contribution >= 0.6 is 11.8 Å². The van der Waals surface area contributed by atoms with Gasteiger partial charge in [-0.05, 0) is 18.6 Å². The zero-order valence-electron chi connectivity index (χ0n) is 10.2. The highest BCUT2D eigenvalue weighted by Crippen LogP contribution is 2.24. The maximum atomic E-state index is 11.7. The Morgan fingerprint density at radius 3 is 3.12 bits per heavy atom. The Balaban J connectivity index is 1.59. The van der Waals surface area contributed by atoms with E-state index in [1.165, 1.54) is 25.0 Å². The molecule has 2 unspecified atom stereocenters. The molecule has 0 aromatic heterocycles. The summed E-state index contributed by atoms with van der Waals surface area (Å²) < 4.78 is 5.51. The fraction of sp³-hybridized carbons (Fsp3) is 0.917. The van der Waals surface area contributed by atoms with Crippen LogP contribution in [0.25, 0.3) is 0 Å². The normalized spacial score (nSPS) is 29.9. The van der Waals surface area contributed by atoms with E-state index in [1.807, 2.05) is 11.8 Å². The number of carbonyl (C=O) groups is 1. The number of morpholine rings is 1. The summed E-state index contributed by atoms with van der Waals surface area (Å²) in [5.41, 5.74) is 0. The summed E-state index contributed by atoms with van der Waals surface area (Å²) in [6.45, 7) is 3.24. The average Bonchev–Trinajstić information content (AvgIpc) is 2.39. The van der Waals surface area contributed by atoms with Crippen molar-refractivity contribution in [1.29, 1.82) is 0 Å². The molecule has 0 aliphatic carbocycles. The first-order chi connectivity index (χ1) is 8.34. The Morgan fingerprint density at radius 2 is 2.41 bits per heavy atom. The topological polar surface area (TPSA) is 50.4 Å². The van der Waals surface area contributed by atoms with Crippen LogP contribution in [-0.4, -0.2) is 49.3 Å². The lowest BCUT2D eigenvalue weighted by molar-refractivity contribution is -0.124. The highest BCUT2D eigenvalue weighted by molar-refractivity contribution is 7.99. The number of carbonyl (C=O) groups excluding carboxylic acids is 1. The minimum absolute atomic E-state index is 0.0581. The second-order valence-electron chi connectivity index (χ2n) is 4.69. The first kappa shape index (κ1) is 13.2. The first-order valence-corrected chi connectivity index (χ1v) is 7.60. The number of amides is 1. The van der Waals surface area contributed by atoms with E-state index in [9.17, 15) is 4.79 Å². The van der Waals surface area contributed by atoms with E-state index in [0.29, 0.717) is 11.7 Å². The van der Waals surface area contributed by atoms with E-state index in [1.54, 1.807) is 0 Å². The molecule has 2 fully saturated rings. The minimum Gasteiger partial charge on any atom is -0.375 e. The monoisotopic (exact) mass is 258 g/mol. The van der Waals surface area contributed by atoms with Crippen LogP contribution in [0.2, 0.25) is 0 Å². The fourth-order valence-electron chi connectivity index (χ4n) is 2.23. The summed E-state index contributed by atoms with van der Waals surface area (Å²) >= 11 is 1.99. The number of nitrogens with one attached hydrogen (secondary N) is 2. The van der Waals surface area contributed by atoms with Gasteiger partial charge in [-0.25, -0.2) is 0 Å². The van der Waals surface area contributed by atoms with E-state index < -0.39 is 0 Å². The van der Waals surface area contributed by atoms with E-state index >= 15 is 0 Å². The second kappa shape index (κ2) is 7.24. The molecule has 2 N–H and O–H groups in total. The van der Waals surface area contributed by atoms with Gasteiger partial charge in [-0.3, -0.25) is 4.79 Å². The van der Waals surface area contributed by atoms with Crippen LogP contribution < -0.4 is 10.6 Å². The molecule has 0 aromatic rings. The predicted molar refractivity (Wildman–Crippen MR) is 70.3 cm³/mol. The number of thioether (sulfide) groups is 1. The Hall–Kier alpha value is -0.260. The maximum absolute atomic E-state index is 11.7. The molecule has 98 valence electrons. The molecule has 5 heteroatoms. The van der Waals surface area contributed by atoms with Crippen LogP contribution in [0.3, 0.4) is 0 Å². The van der Waals surface area contributed by atoms with Crippen LogP contribution in [0.5, 0.6) is 0 Å². The molecular weight excluding hydrogens is 236 g/mol. The summed E-state index contributed by atoms with van der Waals surface area (Å²) in [6, 6.07) is 0. The van der Waals surface area contributed by atoms with Crippen molar-refractivity contribution in [3.63, 3.8) is 0 Å². The number of rotatable bonds is 4. The molecule has 0 radical (unpaired) electrons. The van der Waals surface area contributed by atoms with Crippen molar-refractivity contribution in [2.45, 2.75) is 37.0 Å². The number of hydrogen-bond donors (Lipinski definition) is 2. The first-order valence-electron chi connectivity index (χ1n) is 6.55. The molecule has 2 atom stereocenters. The molecule has 4 nitrogen and oxygen atoms in total. The highest BCUT2D eigenvalue weighted by atomic mass is 32.2. The van der Waals surface area contributed by atoms with Crippen molar-refractivity contribution in [2.24, 2.45) is 0 Å². The summed E-state index contributed by atoms with van der Waals surface area (Å²) in [5.74, 6) is 1.38. The van der Waals surface area contributed by atoms with Crippen molar-refractivity contribution < 1.29 is 9.53 Å². The molecule has 0 spiro atoms. The minimum atomic E-state index is 0.0581. The molecular formula is C12H22N2O2S. The zero-order valence-corrected chi connectivity index (χ0v) is 11.1. The molecule has 0 aromatic carbocycles. The largest absolute Gasteiger partial charge is 0.375 e. The van der Waals surface area contributed by atoms with Crippen molar-refractivity contribution in [2.75, 3.05) is 32.0 Å². The van der Waals surface area contributed by atoms with Crippen molar-refractivity contribution >= 4 is 17.7 Å². The summed E-state index contributed by atoms with van der Waals surface area (Å²) in [7, 11) is 0. The summed E-state index contributed by atoms with van der Waals surface area (Å²) in [6.07, 6.45) is 4.43. The molecule has 0 bridgehead atoms. The number of hydrogen-bond acceptors (Lipinski definition) is 4. The van der Waals surface area contributed by atoms with Gasteiger partial charge in [0.1, 0.15) is 0 Å². The summed E-state index contributed by atoms with van der Waals surface area (Å²) in [5, 5.41) is 6.89. The summed E-state index contributed by atoms with van der Waals surface area (Å²) in [4.78, 5) is 11.7. The molecule has 2 aliphatic heterocycles. The van der Waals surface area contributed by atoms with Gasteiger partial charge in [-0.1, -0.05) is 6.42 Å². The molecule has 2 rings (SSSR count). The lowest BCUT2D eigenvalue weighted by Crippen LogP contribution is -2.42. The van der Waals surface area contributed by atoms with Gasteiger partial charge < -0.3 is 15.4 Å². The van der Waals surface area contributed by atoms with Crippen LogP contribution in [0.15, 0.2) is 0 Å². The van der Waals surface area contributed by atoms with E-state index in [-0.39, 0.29) is 12.0 Å². The third-order valence-corrected chi connectivity index (χ3v) is 4.62. The zero-order chi connectivity index (χ0) is 11.9. The van der Waals surface area contributed by atoms with Gasteiger partial charge in [-0.2, -0.15) is 11.8 Å². The van der Waals surface area contributed by atoms with Crippen LogP contribution in [0, 0.1) is 0 Å². The maximum Gasteiger partial charge on any atom is 0.222 e. The van der Waals surface area contributed by atoms with Gasteiger partial charge in [0.25, 0.3) is 0 Å². The second-order valence-corrected chi connectivity index (χ2v) is 6.10. The van der Waals surface area contributed by atoms with Crippen LogP contribution in [0.4, 0.5) is 0 Å². The van der Waals surface area contributed by atoms with E-state index in [2.05, 4.69) is 10.6 Å². The van der Waals surface area contributed by atoms with Gasteiger partial charge in [-0.15, -0.1) is 0 Å². The van der Waals surface area contributed by atoms with Crippen molar-refractivity contribution in [3.8, 4) is 0 Å². The third-order valence-electron chi connectivity index (χ3n) is 3.22. The predicted octanol–water partition coefficient (Wildman–Crippen LogP) is 0.767. The van der Waals surface area contributed by atoms with Crippen molar-refractivity contribution in [1.82, 2.24) is 10.6 Å². The van der Waals surface area contributed by atoms with Gasteiger partial charge in [0.05, 0.1) is 19.1 Å². The van der Waals surface area contributed by atoms with Gasteiger partial charge >= 0.3 is 0 Å². The molecule has 2 heterocycles. The third kappa shape index (κ3) is 4.85. The standard InChI is InChI=1S/C12H22N2O2S/c15-12(7-10-8-13-4-5-16-10)14-9-11-3-1-2-6-17-11/h10-11,13H,1-9H2,(H,14,15). The quantitative estimate of drug-likeness (QED) is 0.782. The lowest BCUT2D eigenvalue weighted by Gasteiger charge is -2.24. The van der Waals surface area contributed by atoms with Gasteiger partial charge in [0.2, 0.25) is 5.91 Å². The Kier molecular flexibility index (Phi) is 5.61.